The van der Waals surface area contributed by atoms with Crippen LogP contribution in [0, 0.1) is 0 Å². The highest BCUT2D eigenvalue weighted by molar-refractivity contribution is 6.33. The van der Waals surface area contributed by atoms with E-state index in [1.54, 1.807) is 6.07 Å². The van der Waals surface area contributed by atoms with Crippen LogP contribution < -0.4 is 16.0 Å². The minimum Gasteiger partial charge on any atom is -0.444 e. The van der Waals surface area contributed by atoms with E-state index in [0.29, 0.717) is 10.7 Å². The predicted octanol–water partition coefficient (Wildman–Crippen LogP) is 3.42. The van der Waals surface area contributed by atoms with Crippen molar-refractivity contribution < 1.29 is 9.53 Å². The van der Waals surface area contributed by atoms with Gasteiger partial charge in [0.1, 0.15) is 5.60 Å². The molecule has 1 aromatic carbocycles. The summed E-state index contributed by atoms with van der Waals surface area (Å²) in [6.07, 6.45) is 1.37. The second kappa shape index (κ2) is 6.65. The number of hydrogen-bond donors (Lipinski definition) is 2. The maximum absolute atomic E-state index is 11.8. The molecule has 0 saturated carbocycles. The Hall–Kier alpha value is -1.62. The fraction of sp³-hybridized carbons (Fsp3) is 0.562. The van der Waals surface area contributed by atoms with Crippen molar-refractivity contribution in [2.45, 2.75) is 45.3 Å². The van der Waals surface area contributed by atoms with Crippen molar-refractivity contribution in [2.75, 3.05) is 23.7 Å². The van der Waals surface area contributed by atoms with Gasteiger partial charge < -0.3 is 20.7 Å². The van der Waals surface area contributed by atoms with Gasteiger partial charge in [0.25, 0.3) is 0 Å². The van der Waals surface area contributed by atoms with Crippen molar-refractivity contribution in [1.29, 1.82) is 0 Å². The molecule has 5 nitrogen and oxygen atoms in total. The normalized spacial score (nSPS) is 16.5. The zero-order valence-electron chi connectivity index (χ0n) is 13.4. The molecule has 0 aromatic heterocycles. The van der Waals surface area contributed by atoms with Gasteiger partial charge in [-0.2, -0.15) is 0 Å². The van der Waals surface area contributed by atoms with Gasteiger partial charge in [-0.15, -0.1) is 0 Å². The highest BCUT2D eigenvalue weighted by Gasteiger charge is 2.24. The highest BCUT2D eigenvalue weighted by atomic mass is 35.5. The lowest BCUT2D eigenvalue weighted by molar-refractivity contribution is 0.0497. The lowest BCUT2D eigenvalue weighted by Gasteiger charge is -2.34. The topological polar surface area (TPSA) is 67.6 Å². The Balaban J connectivity index is 1.86. The molecule has 1 aliphatic rings. The van der Waals surface area contributed by atoms with Crippen LogP contribution in [0.3, 0.4) is 0 Å². The maximum Gasteiger partial charge on any atom is 0.407 e. The fourth-order valence-corrected chi connectivity index (χ4v) is 2.83. The minimum absolute atomic E-state index is 0.138. The molecule has 0 atom stereocenters. The summed E-state index contributed by atoms with van der Waals surface area (Å²) in [5.74, 6) is 0. The lowest BCUT2D eigenvalue weighted by atomic mass is 10.0. The van der Waals surface area contributed by atoms with Gasteiger partial charge in [-0.1, -0.05) is 11.6 Å². The van der Waals surface area contributed by atoms with Gasteiger partial charge >= 0.3 is 6.09 Å². The molecule has 0 spiro atoms. The summed E-state index contributed by atoms with van der Waals surface area (Å²) in [6, 6.07) is 5.70. The second-order valence-electron chi connectivity index (χ2n) is 6.62. The van der Waals surface area contributed by atoms with Crippen molar-refractivity contribution in [3.63, 3.8) is 0 Å². The van der Waals surface area contributed by atoms with Gasteiger partial charge in [0, 0.05) is 24.8 Å². The summed E-state index contributed by atoms with van der Waals surface area (Å²) in [4.78, 5) is 14.0. The lowest BCUT2D eigenvalue weighted by Crippen LogP contribution is -2.46. The number of piperidine rings is 1. The fourth-order valence-electron chi connectivity index (χ4n) is 2.52. The average Bonchev–Trinajstić information content (AvgIpc) is 2.38. The van der Waals surface area contributed by atoms with Crippen LogP contribution >= 0.6 is 11.6 Å². The number of rotatable bonds is 2. The minimum atomic E-state index is -0.470. The van der Waals surface area contributed by atoms with Crippen LogP contribution in [0.5, 0.6) is 0 Å². The molecule has 122 valence electrons. The third-order valence-corrected chi connectivity index (χ3v) is 3.83. The highest BCUT2D eigenvalue weighted by Crippen LogP contribution is 2.30. The molecule has 1 amide bonds. The van der Waals surface area contributed by atoms with Crippen LogP contribution in [0.25, 0.3) is 0 Å². The quantitative estimate of drug-likeness (QED) is 0.818. The van der Waals surface area contributed by atoms with E-state index in [2.05, 4.69) is 10.2 Å². The number of hydrogen-bond acceptors (Lipinski definition) is 4. The molecule has 0 radical (unpaired) electrons. The maximum atomic E-state index is 11.8. The van der Waals surface area contributed by atoms with Crippen LogP contribution in [0.1, 0.15) is 33.6 Å². The molecule has 2 rings (SSSR count). The van der Waals surface area contributed by atoms with Crippen molar-refractivity contribution >= 4 is 29.1 Å². The first kappa shape index (κ1) is 16.7. The van der Waals surface area contributed by atoms with Gasteiger partial charge in [0.2, 0.25) is 0 Å². The number of nitrogens with two attached hydrogens (primary N) is 1. The van der Waals surface area contributed by atoms with Crippen LogP contribution in [-0.2, 0) is 4.74 Å². The van der Waals surface area contributed by atoms with Crippen LogP contribution in [0.2, 0.25) is 5.02 Å². The summed E-state index contributed by atoms with van der Waals surface area (Å²) in [5.41, 5.74) is 6.90. The monoisotopic (exact) mass is 325 g/mol. The van der Waals surface area contributed by atoms with E-state index in [4.69, 9.17) is 22.1 Å². The number of halogens is 1. The number of nitrogens with zero attached hydrogens (tertiary/aromatic N) is 1. The molecule has 1 aliphatic heterocycles. The third-order valence-electron chi connectivity index (χ3n) is 3.53. The van der Waals surface area contributed by atoms with Crippen molar-refractivity contribution in [2.24, 2.45) is 0 Å². The Morgan fingerprint density at radius 3 is 2.55 bits per heavy atom. The van der Waals surface area contributed by atoms with E-state index in [9.17, 15) is 4.79 Å². The van der Waals surface area contributed by atoms with E-state index >= 15 is 0 Å². The molecule has 0 bridgehead atoms. The molecular formula is C16H24ClN3O2. The van der Waals surface area contributed by atoms with Crippen LogP contribution in [-0.4, -0.2) is 30.8 Å². The van der Waals surface area contributed by atoms with Gasteiger partial charge in [0.05, 0.1) is 10.7 Å². The van der Waals surface area contributed by atoms with Gasteiger partial charge in [-0.3, -0.25) is 0 Å². The average molecular weight is 326 g/mol. The number of benzene rings is 1. The number of nitrogen functional groups attached to an aromatic ring is 1. The standard InChI is InChI=1S/C16H24ClN3O2/c1-16(2,3)22-15(21)19-12-6-8-20(9-7-12)14-5-4-11(18)10-13(14)17/h4-5,10,12H,6-9,18H2,1-3H3,(H,19,21). The number of nitrogens with one attached hydrogen (secondary N) is 1. The zero-order valence-corrected chi connectivity index (χ0v) is 14.1. The third kappa shape index (κ3) is 4.70. The number of carbonyl (C=O) groups is 1. The molecule has 0 unspecified atom stereocenters. The first-order valence-electron chi connectivity index (χ1n) is 7.54. The number of ether oxygens (including phenoxy) is 1. The van der Waals surface area contributed by atoms with Crippen molar-refractivity contribution in [3.8, 4) is 0 Å². The van der Waals surface area contributed by atoms with Gasteiger partial charge in [0.15, 0.2) is 0 Å². The zero-order chi connectivity index (χ0) is 16.3. The summed E-state index contributed by atoms with van der Waals surface area (Å²) in [7, 11) is 0. The molecule has 1 fully saturated rings. The Morgan fingerprint density at radius 1 is 1.36 bits per heavy atom. The summed E-state index contributed by atoms with van der Waals surface area (Å²) >= 11 is 6.24. The summed E-state index contributed by atoms with van der Waals surface area (Å²) in [5, 5.41) is 3.60. The Bertz CT molecular complexity index is 535. The predicted molar refractivity (Wildman–Crippen MR) is 90.5 cm³/mol. The molecule has 1 heterocycles. The molecule has 6 heteroatoms. The summed E-state index contributed by atoms with van der Waals surface area (Å²) in [6.45, 7) is 7.25. The summed E-state index contributed by atoms with van der Waals surface area (Å²) < 4.78 is 5.29. The SMILES string of the molecule is CC(C)(C)OC(=O)NC1CCN(c2ccc(N)cc2Cl)CC1. The number of amides is 1. The van der Waals surface area contributed by atoms with E-state index in [-0.39, 0.29) is 12.1 Å². The first-order chi connectivity index (χ1) is 10.2. The Morgan fingerprint density at radius 2 is 2.00 bits per heavy atom. The molecular weight excluding hydrogens is 302 g/mol. The molecule has 1 aromatic rings. The first-order valence-corrected chi connectivity index (χ1v) is 7.92. The van der Waals surface area contributed by atoms with E-state index in [0.717, 1.165) is 31.6 Å². The van der Waals surface area contributed by atoms with Gasteiger partial charge in [-0.25, -0.2) is 4.79 Å². The number of carbonyl (C=O) groups excluding carboxylic acids is 1. The Labute approximate surface area is 136 Å². The van der Waals surface area contributed by atoms with Crippen molar-refractivity contribution in [1.82, 2.24) is 5.32 Å². The molecule has 1 saturated heterocycles. The van der Waals surface area contributed by atoms with E-state index in [1.165, 1.54) is 0 Å². The molecule has 3 N–H and O–H groups in total. The van der Waals surface area contributed by atoms with E-state index in [1.807, 2.05) is 32.9 Å². The Kier molecular flexibility index (Phi) is 5.06. The second-order valence-corrected chi connectivity index (χ2v) is 7.03. The molecule has 0 aliphatic carbocycles. The number of anilines is 2. The van der Waals surface area contributed by atoms with Gasteiger partial charge in [-0.05, 0) is 51.8 Å². The smallest absolute Gasteiger partial charge is 0.407 e. The van der Waals surface area contributed by atoms with Crippen LogP contribution in [0.4, 0.5) is 16.2 Å². The van der Waals surface area contributed by atoms with Crippen molar-refractivity contribution in [3.05, 3.63) is 23.2 Å². The largest absolute Gasteiger partial charge is 0.444 e. The van der Waals surface area contributed by atoms with Crippen LogP contribution in [0.15, 0.2) is 18.2 Å². The van der Waals surface area contributed by atoms with E-state index < -0.39 is 5.60 Å². The number of alkyl carbamates (subject to hydrolysis) is 1. The molecule has 22 heavy (non-hydrogen) atoms.